The van der Waals surface area contributed by atoms with Crippen LogP contribution < -0.4 is 5.32 Å². The molecule has 0 saturated heterocycles. The van der Waals surface area contributed by atoms with Crippen LogP contribution in [0, 0.1) is 12.7 Å². The number of nitrogens with one attached hydrogen (secondary N) is 1. The van der Waals surface area contributed by atoms with Gasteiger partial charge in [0.2, 0.25) is 5.91 Å². The lowest BCUT2D eigenvalue weighted by atomic mass is 10.1. The number of hydrogen-bond acceptors (Lipinski definition) is 3. The van der Waals surface area contributed by atoms with Crippen molar-refractivity contribution in [2.45, 2.75) is 13.3 Å². The van der Waals surface area contributed by atoms with E-state index in [1.165, 1.54) is 12.1 Å². The number of carbonyl (C=O) groups excluding carboxylic acids is 1. The van der Waals surface area contributed by atoms with Crippen molar-refractivity contribution in [1.29, 1.82) is 0 Å². The lowest BCUT2D eigenvalue weighted by Gasteiger charge is -2.11. The number of aryl methyl sites for hydroxylation is 1. The first-order valence-electron chi connectivity index (χ1n) is 7.13. The van der Waals surface area contributed by atoms with Crippen molar-refractivity contribution in [3.05, 3.63) is 72.2 Å². The Bertz CT molecular complexity index is 844. The number of carbonyl (C=O) groups is 1. The van der Waals surface area contributed by atoms with Crippen molar-refractivity contribution >= 4 is 11.6 Å². The van der Waals surface area contributed by atoms with Gasteiger partial charge in [0.1, 0.15) is 11.6 Å². The van der Waals surface area contributed by atoms with Gasteiger partial charge in [-0.3, -0.25) is 9.36 Å². The average Bonchev–Trinajstić information content (AvgIpc) is 2.94. The Labute approximate surface area is 132 Å². The molecular formula is C17H15FN4O. The molecule has 6 heteroatoms. The summed E-state index contributed by atoms with van der Waals surface area (Å²) in [5, 5.41) is 2.82. The number of rotatable bonds is 4. The van der Waals surface area contributed by atoms with E-state index >= 15 is 0 Å². The molecule has 1 amide bonds. The number of benzene rings is 1. The topological polar surface area (TPSA) is 59.8 Å². The highest BCUT2D eigenvalue weighted by atomic mass is 19.1. The Morgan fingerprint density at radius 3 is 2.83 bits per heavy atom. The largest absolute Gasteiger partial charge is 0.323 e. The van der Waals surface area contributed by atoms with E-state index in [0.717, 1.165) is 5.82 Å². The number of imidazole rings is 1. The molecule has 0 saturated carbocycles. The highest BCUT2D eigenvalue weighted by molar-refractivity contribution is 5.93. The number of nitrogens with zero attached hydrogens (tertiary/aromatic N) is 3. The molecular weight excluding hydrogens is 295 g/mol. The number of hydrogen-bond donors (Lipinski definition) is 1. The summed E-state index contributed by atoms with van der Waals surface area (Å²) in [6.07, 6.45) is 5.19. The highest BCUT2D eigenvalue weighted by Gasteiger charge is 2.11. The third kappa shape index (κ3) is 3.42. The Kier molecular flexibility index (Phi) is 4.14. The van der Waals surface area contributed by atoms with Crippen LogP contribution in [-0.4, -0.2) is 20.4 Å². The van der Waals surface area contributed by atoms with Gasteiger partial charge in [-0.2, -0.15) is 0 Å². The number of pyridine rings is 1. The van der Waals surface area contributed by atoms with Crippen molar-refractivity contribution < 1.29 is 9.18 Å². The van der Waals surface area contributed by atoms with Crippen molar-refractivity contribution in [2.75, 3.05) is 5.32 Å². The van der Waals surface area contributed by atoms with Crippen LogP contribution in [0.1, 0.15) is 11.4 Å². The van der Waals surface area contributed by atoms with Crippen molar-refractivity contribution in [1.82, 2.24) is 14.5 Å². The maximum atomic E-state index is 13.2. The first-order chi connectivity index (χ1) is 11.1. The van der Waals surface area contributed by atoms with E-state index in [-0.39, 0.29) is 18.1 Å². The fraction of sp³-hybridized carbons (Fsp3) is 0.118. The first-order valence-corrected chi connectivity index (χ1v) is 7.13. The standard InChI is InChI=1S/C17H15FN4O/c1-12-19-8-9-22(12)17-15(6-3-7-20-17)21-16(23)11-13-4-2-5-14(18)10-13/h2-10H,11H2,1H3,(H,21,23). The van der Waals surface area contributed by atoms with Gasteiger partial charge in [0.05, 0.1) is 12.1 Å². The zero-order valence-corrected chi connectivity index (χ0v) is 12.5. The van der Waals surface area contributed by atoms with Crippen LogP contribution in [0.25, 0.3) is 5.82 Å². The molecule has 2 heterocycles. The van der Waals surface area contributed by atoms with Crippen molar-refractivity contribution in [3.63, 3.8) is 0 Å². The third-order valence-corrected chi connectivity index (χ3v) is 3.37. The minimum Gasteiger partial charge on any atom is -0.323 e. The fourth-order valence-corrected chi connectivity index (χ4v) is 2.32. The van der Waals surface area contributed by atoms with Gasteiger partial charge < -0.3 is 5.32 Å². The molecule has 3 aromatic rings. The van der Waals surface area contributed by atoms with Gasteiger partial charge in [0, 0.05) is 18.6 Å². The maximum absolute atomic E-state index is 13.2. The average molecular weight is 310 g/mol. The molecule has 0 fully saturated rings. The van der Waals surface area contributed by atoms with Gasteiger partial charge in [-0.25, -0.2) is 14.4 Å². The molecule has 0 radical (unpaired) electrons. The zero-order valence-electron chi connectivity index (χ0n) is 12.5. The van der Waals surface area contributed by atoms with Crippen LogP contribution in [0.15, 0.2) is 55.0 Å². The van der Waals surface area contributed by atoms with Gasteiger partial charge in [-0.05, 0) is 36.8 Å². The molecule has 0 unspecified atom stereocenters. The predicted molar refractivity (Wildman–Crippen MR) is 84.8 cm³/mol. The van der Waals surface area contributed by atoms with E-state index in [0.29, 0.717) is 17.1 Å². The SMILES string of the molecule is Cc1nccn1-c1ncccc1NC(=O)Cc1cccc(F)c1. The Balaban J connectivity index is 1.81. The summed E-state index contributed by atoms with van der Waals surface area (Å²) in [7, 11) is 0. The van der Waals surface area contributed by atoms with E-state index in [9.17, 15) is 9.18 Å². The van der Waals surface area contributed by atoms with E-state index in [1.807, 2.05) is 6.92 Å². The Morgan fingerprint density at radius 1 is 1.22 bits per heavy atom. The summed E-state index contributed by atoms with van der Waals surface area (Å²) in [6.45, 7) is 1.85. The fourth-order valence-electron chi connectivity index (χ4n) is 2.32. The van der Waals surface area contributed by atoms with Crippen LogP contribution >= 0.6 is 0 Å². The number of halogens is 1. The van der Waals surface area contributed by atoms with Gasteiger partial charge in [0.15, 0.2) is 5.82 Å². The molecule has 23 heavy (non-hydrogen) atoms. The van der Waals surface area contributed by atoms with Gasteiger partial charge in [-0.15, -0.1) is 0 Å². The highest BCUT2D eigenvalue weighted by Crippen LogP contribution is 2.18. The maximum Gasteiger partial charge on any atom is 0.228 e. The molecule has 0 aliphatic carbocycles. The van der Waals surface area contributed by atoms with Crippen LogP contribution in [0.4, 0.5) is 10.1 Å². The summed E-state index contributed by atoms with van der Waals surface area (Å²) in [5.41, 5.74) is 1.20. The molecule has 0 aliphatic rings. The molecule has 116 valence electrons. The Hall–Kier alpha value is -3.02. The van der Waals surface area contributed by atoms with E-state index in [2.05, 4.69) is 15.3 Å². The quantitative estimate of drug-likeness (QED) is 0.806. The van der Waals surface area contributed by atoms with Gasteiger partial charge in [0.25, 0.3) is 0 Å². The molecule has 0 spiro atoms. The smallest absolute Gasteiger partial charge is 0.228 e. The predicted octanol–water partition coefficient (Wildman–Crippen LogP) is 2.90. The second kappa shape index (κ2) is 6.39. The molecule has 0 atom stereocenters. The first kappa shape index (κ1) is 14.9. The summed E-state index contributed by atoms with van der Waals surface area (Å²) in [5.74, 6) is 0.772. The summed E-state index contributed by atoms with van der Waals surface area (Å²) in [6, 6.07) is 9.51. The lowest BCUT2D eigenvalue weighted by Crippen LogP contribution is -2.16. The normalized spacial score (nSPS) is 10.5. The molecule has 0 aliphatic heterocycles. The van der Waals surface area contributed by atoms with Gasteiger partial charge in [-0.1, -0.05) is 12.1 Å². The van der Waals surface area contributed by atoms with Gasteiger partial charge >= 0.3 is 0 Å². The van der Waals surface area contributed by atoms with Crippen molar-refractivity contribution in [2.24, 2.45) is 0 Å². The number of amides is 1. The van der Waals surface area contributed by atoms with Crippen LogP contribution in [0.3, 0.4) is 0 Å². The minimum atomic E-state index is -0.355. The van der Waals surface area contributed by atoms with Crippen LogP contribution in [-0.2, 0) is 11.2 Å². The lowest BCUT2D eigenvalue weighted by molar-refractivity contribution is -0.115. The third-order valence-electron chi connectivity index (χ3n) is 3.37. The van der Waals surface area contributed by atoms with Crippen LogP contribution in [0.5, 0.6) is 0 Å². The second-order valence-electron chi connectivity index (χ2n) is 5.07. The molecule has 3 rings (SSSR count). The summed E-state index contributed by atoms with van der Waals surface area (Å²) < 4.78 is 15.0. The second-order valence-corrected chi connectivity index (χ2v) is 5.07. The number of anilines is 1. The molecule has 1 N–H and O–H groups in total. The van der Waals surface area contributed by atoms with E-state index in [4.69, 9.17) is 0 Å². The molecule has 5 nitrogen and oxygen atoms in total. The summed E-state index contributed by atoms with van der Waals surface area (Å²) >= 11 is 0. The molecule has 0 bridgehead atoms. The van der Waals surface area contributed by atoms with Crippen LogP contribution in [0.2, 0.25) is 0 Å². The Morgan fingerprint density at radius 2 is 2.09 bits per heavy atom. The minimum absolute atomic E-state index is 0.0923. The number of aromatic nitrogens is 3. The van der Waals surface area contributed by atoms with E-state index in [1.54, 1.807) is 47.4 Å². The van der Waals surface area contributed by atoms with E-state index < -0.39 is 0 Å². The zero-order chi connectivity index (χ0) is 16.2. The summed E-state index contributed by atoms with van der Waals surface area (Å²) in [4.78, 5) is 20.7. The molecule has 2 aromatic heterocycles. The monoisotopic (exact) mass is 310 g/mol. The molecule has 1 aromatic carbocycles. The van der Waals surface area contributed by atoms with Crippen molar-refractivity contribution in [3.8, 4) is 5.82 Å².